The second-order valence-electron chi connectivity index (χ2n) is 7.28. The molecule has 0 radical (unpaired) electrons. The lowest BCUT2D eigenvalue weighted by Crippen LogP contribution is -2.42. The number of rotatable bonds is 4. The van der Waals surface area contributed by atoms with Crippen LogP contribution in [0.5, 0.6) is 17.2 Å². The Labute approximate surface area is 178 Å². The van der Waals surface area contributed by atoms with E-state index in [4.69, 9.17) is 21.1 Å². The maximum Gasteiger partial charge on any atom is 0.267 e. The molecule has 1 heterocycles. The number of hydrogen-bond acceptors (Lipinski definition) is 4. The normalized spacial score (nSPS) is 12.6. The maximum absolute atomic E-state index is 12.8. The zero-order chi connectivity index (χ0) is 21.3. The monoisotopic (exact) mass is 422 g/mol. The summed E-state index contributed by atoms with van der Waals surface area (Å²) in [5.41, 5.74) is 0.203. The number of anilines is 2. The lowest BCUT2D eigenvalue weighted by Gasteiger charge is -2.25. The van der Waals surface area contributed by atoms with Crippen LogP contribution in [0.25, 0.3) is 0 Å². The molecule has 0 unspecified atom stereocenters. The van der Waals surface area contributed by atoms with Crippen LogP contribution in [0.3, 0.4) is 0 Å². The highest BCUT2D eigenvalue weighted by Gasteiger charge is 2.30. The SMILES string of the molecule is CC(C)(Oc1ccc(Cl)cc1)C(=O)Nc1ccc2c(c1)C(=O)Nc1ccccc1O2. The Morgan fingerprint density at radius 2 is 1.77 bits per heavy atom. The van der Waals surface area contributed by atoms with Gasteiger partial charge >= 0.3 is 0 Å². The van der Waals surface area contributed by atoms with Gasteiger partial charge in [0.15, 0.2) is 11.4 Å². The van der Waals surface area contributed by atoms with E-state index in [9.17, 15) is 9.59 Å². The zero-order valence-corrected chi connectivity index (χ0v) is 17.1. The van der Waals surface area contributed by atoms with E-state index < -0.39 is 5.60 Å². The van der Waals surface area contributed by atoms with Crippen LogP contribution >= 0.6 is 11.6 Å². The van der Waals surface area contributed by atoms with Gasteiger partial charge in [-0.25, -0.2) is 0 Å². The number of carbonyl (C=O) groups is 2. The molecule has 0 bridgehead atoms. The highest BCUT2D eigenvalue weighted by Crippen LogP contribution is 2.36. The molecule has 0 saturated heterocycles. The average Bonchev–Trinajstić information content (AvgIpc) is 2.85. The number of ether oxygens (including phenoxy) is 2. The Balaban J connectivity index is 1.53. The third-order valence-corrected chi connectivity index (χ3v) is 4.82. The summed E-state index contributed by atoms with van der Waals surface area (Å²) in [4.78, 5) is 25.4. The molecule has 1 aliphatic rings. The molecule has 0 aromatic heterocycles. The van der Waals surface area contributed by atoms with Crippen molar-refractivity contribution in [3.8, 4) is 17.2 Å². The molecule has 3 aromatic carbocycles. The molecule has 2 amide bonds. The molecule has 0 atom stereocenters. The minimum atomic E-state index is -1.16. The van der Waals surface area contributed by atoms with Gasteiger partial charge in [-0.1, -0.05) is 23.7 Å². The van der Waals surface area contributed by atoms with Gasteiger partial charge in [0.05, 0.1) is 11.3 Å². The Morgan fingerprint density at radius 1 is 1.03 bits per heavy atom. The first kappa shape index (κ1) is 19.8. The second kappa shape index (κ2) is 7.72. The van der Waals surface area contributed by atoms with Crippen LogP contribution in [-0.4, -0.2) is 17.4 Å². The van der Waals surface area contributed by atoms with Crippen LogP contribution in [0.2, 0.25) is 5.02 Å². The van der Waals surface area contributed by atoms with Crippen molar-refractivity contribution in [3.63, 3.8) is 0 Å². The summed E-state index contributed by atoms with van der Waals surface area (Å²) >= 11 is 5.89. The van der Waals surface area contributed by atoms with Crippen LogP contribution in [0, 0.1) is 0 Å². The summed E-state index contributed by atoms with van der Waals surface area (Å²) in [5.74, 6) is 0.802. The molecule has 30 heavy (non-hydrogen) atoms. The fourth-order valence-electron chi connectivity index (χ4n) is 2.97. The Hall–Kier alpha value is -3.51. The molecule has 0 aliphatic carbocycles. The van der Waals surface area contributed by atoms with E-state index in [1.807, 2.05) is 12.1 Å². The Bertz CT molecular complexity index is 1130. The summed E-state index contributed by atoms with van der Waals surface area (Å²) in [6, 6.07) is 18.8. The van der Waals surface area contributed by atoms with Crippen LogP contribution in [0.4, 0.5) is 11.4 Å². The van der Waals surface area contributed by atoms with E-state index >= 15 is 0 Å². The van der Waals surface area contributed by atoms with Crippen molar-refractivity contribution in [2.45, 2.75) is 19.4 Å². The van der Waals surface area contributed by atoms with Crippen molar-refractivity contribution >= 4 is 34.8 Å². The van der Waals surface area contributed by atoms with Crippen molar-refractivity contribution in [1.82, 2.24) is 0 Å². The predicted molar refractivity (Wildman–Crippen MR) is 116 cm³/mol. The van der Waals surface area contributed by atoms with Crippen molar-refractivity contribution < 1.29 is 19.1 Å². The number of para-hydroxylation sites is 2. The fraction of sp³-hybridized carbons (Fsp3) is 0.130. The zero-order valence-electron chi connectivity index (χ0n) is 16.4. The van der Waals surface area contributed by atoms with Crippen molar-refractivity contribution in [2.75, 3.05) is 10.6 Å². The highest BCUT2D eigenvalue weighted by atomic mass is 35.5. The van der Waals surface area contributed by atoms with Crippen molar-refractivity contribution in [2.24, 2.45) is 0 Å². The second-order valence-corrected chi connectivity index (χ2v) is 7.72. The van der Waals surface area contributed by atoms with Crippen molar-refractivity contribution in [1.29, 1.82) is 0 Å². The fourth-order valence-corrected chi connectivity index (χ4v) is 3.09. The van der Waals surface area contributed by atoms with Gasteiger partial charge in [0, 0.05) is 10.7 Å². The lowest BCUT2D eigenvalue weighted by molar-refractivity contribution is -0.128. The number of halogens is 1. The highest BCUT2D eigenvalue weighted by molar-refractivity contribution is 6.30. The van der Waals surface area contributed by atoms with Gasteiger partial charge < -0.3 is 20.1 Å². The smallest absolute Gasteiger partial charge is 0.267 e. The third kappa shape index (κ3) is 4.09. The minimum Gasteiger partial charge on any atom is -0.478 e. The van der Waals surface area contributed by atoms with E-state index in [0.717, 1.165) is 0 Å². The molecular formula is C23H19ClN2O4. The quantitative estimate of drug-likeness (QED) is 0.582. The van der Waals surface area contributed by atoms with E-state index in [2.05, 4.69) is 10.6 Å². The number of nitrogens with one attached hydrogen (secondary N) is 2. The molecule has 7 heteroatoms. The Morgan fingerprint density at radius 3 is 2.53 bits per heavy atom. The summed E-state index contributed by atoms with van der Waals surface area (Å²) in [5, 5.41) is 6.20. The van der Waals surface area contributed by atoms with E-state index in [1.165, 1.54) is 0 Å². The van der Waals surface area contributed by atoms with Gasteiger partial charge in [-0.2, -0.15) is 0 Å². The van der Waals surface area contributed by atoms with Crippen LogP contribution in [0.15, 0.2) is 66.7 Å². The number of amides is 2. The number of carbonyl (C=O) groups excluding carboxylic acids is 2. The molecule has 0 saturated carbocycles. The van der Waals surface area contributed by atoms with Crippen LogP contribution in [-0.2, 0) is 4.79 Å². The lowest BCUT2D eigenvalue weighted by atomic mass is 10.1. The van der Waals surface area contributed by atoms with Gasteiger partial charge in [-0.15, -0.1) is 0 Å². The number of hydrogen-bond donors (Lipinski definition) is 2. The van der Waals surface area contributed by atoms with E-state index in [0.29, 0.717) is 39.2 Å². The Kier molecular flexibility index (Phi) is 5.10. The van der Waals surface area contributed by atoms with Gasteiger partial charge in [-0.05, 0) is 68.4 Å². The first-order valence-corrected chi connectivity index (χ1v) is 9.68. The summed E-state index contributed by atoms with van der Waals surface area (Å²) in [6.45, 7) is 3.32. The van der Waals surface area contributed by atoms with Gasteiger partial charge in [-0.3, -0.25) is 9.59 Å². The number of fused-ring (bicyclic) bond motifs is 2. The molecule has 2 N–H and O–H groups in total. The average molecular weight is 423 g/mol. The minimum absolute atomic E-state index is 0.317. The first-order chi connectivity index (χ1) is 14.3. The summed E-state index contributed by atoms with van der Waals surface area (Å²) < 4.78 is 11.7. The predicted octanol–water partition coefficient (Wildman–Crippen LogP) is 5.49. The molecule has 3 aromatic rings. The molecule has 152 valence electrons. The number of benzene rings is 3. The van der Waals surface area contributed by atoms with E-state index in [1.54, 1.807) is 68.4 Å². The molecule has 1 aliphatic heterocycles. The van der Waals surface area contributed by atoms with E-state index in [-0.39, 0.29) is 11.8 Å². The largest absolute Gasteiger partial charge is 0.478 e. The molecule has 0 fully saturated rings. The van der Waals surface area contributed by atoms with Gasteiger partial charge in [0.2, 0.25) is 0 Å². The summed E-state index contributed by atoms with van der Waals surface area (Å²) in [6.07, 6.45) is 0. The van der Waals surface area contributed by atoms with Gasteiger partial charge in [0.25, 0.3) is 11.8 Å². The van der Waals surface area contributed by atoms with Crippen LogP contribution < -0.4 is 20.1 Å². The third-order valence-electron chi connectivity index (χ3n) is 4.57. The van der Waals surface area contributed by atoms with Gasteiger partial charge in [0.1, 0.15) is 11.5 Å². The maximum atomic E-state index is 12.8. The van der Waals surface area contributed by atoms with Crippen molar-refractivity contribution in [3.05, 3.63) is 77.3 Å². The first-order valence-electron chi connectivity index (χ1n) is 9.30. The summed E-state index contributed by atoms with van der Waals surface area (Å²) in [7, 11) is 0. The molecule has 6 nitrogen and oxygen atoms in total. The topological polar surface area (TPSA) is 76.7 Å². The molecule has 4 rings (SSSR count). The standard InChI is InChI=1S/C23H19ClN2O4/c1-23(2,30-16-10-7-14(24)8-11-16)22(28)25-15-9-12-19-17(13-15)21(27)26-18-5-3-4-6-20(18)29-19/h3-13H,1-2H3,(H,25,28)(H,26,27). The molecular weight excluding hydrogens is 404 g/mol. The molecule has 0 spiro atoms. The van der Waals surface area contributed by atoms with Crippen LogP contribution in [0.1, 0.15) is 24.2 Å².